The third-order valence-electron chi connectivity index (χ3n) is 4.03. The Kier molecular flexibility index (Phi) is 8.03. The molecule has 0 heterocycles. The third kappa shape index (κ3) is 5.72. The summed E-state index contributed by atoms with van der Waals surface area (Å²) < 4.78 is 21.1. The molecule has 0 N–H and O–H groups in total. The number of hydrogen-bond donors (Lipinski definition) is 0. The van der Waals surface area contributed by atoms with Crippen LogP contribution in [0.5, 0.6) is 17.2 Å². The van der Waals surface area contributed by atoms with Crippen molar-refractivity contribution in [2.45, 2.75) is 6.92 Å². The number of carbonyl (C=O) groups excluding carboxylic acids is 2. The Morgan fingerprint density at radius 3 is 2.07 bits per heavy atom. The van der Waals surface area contributed by atoms with Crippen molar-refractivity contribution < 1.29 is 28.5 Å². The van der Waals surface area contributed by atoms with Gasteiger partial charge in [0.05, 0.1) is 33.5 Å². The molecule has 152 valence electrons. The van der Waals surface area contributed by atoms with E-state index < -0.39 is 11.8 Å². The van der Waals surface area contributed by atoms with Gasteiger partial charge in [-0.15, -0.1) is 0 Å². The summed E-state index contributed by atoms with van der Waals surface area (Å²) in [7, 11) is 4.48. The lowest BCUT2D eigenvalue weighted by Gasteiger charge is -2.13. The van der Waals surface area contributed by atoms with E-state index in [0.29, 0.717) is 22.8 Å². The minimum atomic E-state index is -0.727. The first-order valence-electron chi connectivity index (χ1n) is 9.00. The van der Waals surface area contributed by atoms with Crippen LogP contribution in [0.2, 0.25) is 0 Å². The Morgan fingerprint density at radius 1 is 0.931 bits per heavy atom. The molecule has 0 aliphatic carbocycles. The minimum absolute atomic E-state index is 0.138. The van der Waals surface area contributed by atoms with Gasteiger partial charge in [0.25, 0.3) is 0 Å². The molecule has 0 fully saturated rings. The molecule has 2 aromatic carbocycles. The van der Waals surface area contributed by atoms with E-state index >= 15 is 0 Å². The average molecular weight is 396 g/mol. The first-order valence-corrected chi connectivity index (χ1v) is 9.00. The van der Waals surface area contributed by atoms with Gasteiger partial charge in [0.2, 0.25) is 0 Å². The number of benzene rings is 2. The maximum absolute atomic E-state index is 12.8. The standard InChI is InChI=1S/C23H24O6/c1-5-29-23(25)18(20(24)12-11-16-9-7-6-8-10-16)15-19-21(27-3)13-17(26-2)14-22(19)28-4/h6-15H,5H2,1-4H3/b12-11+,18-15-. The molecule has 0 saturated carbocycles. The highest BCUT2D eigenvalue weighted by Crippen LogP contribution is 2.36. The minimum Gasteiger partial charge on any atom is -0.496 e. The van der Waals surface area contributed by atoms with Gasteiger partial charge in [-0.2, -0.15) is 0 Å². The number of esters is 1. The average Bonchev–Trinajstić information content (AvgIpc) is 2.76. The molecule has 2 rings (SSSR count). The van der Waals surface area contributed by atoms with Crippen molar-refractivity contribution in [1.29, 1.82) is 0 Å². The fourth-order valence-electron chi connectivity index (χ4n) is 2.58. The monoisotopic (exact) mass is 396 g/mol. The van der Waals surface area contributed by atoms with Crippen molar-refractivity contribution in [3.63, 3.8) is 0 Å². The van der Waals surface area contributed by atoms with Gasteiger partial charge in [0.1, 0.15) is 22.8 Å². The van der Waals surface area contributed by atoms with Crippen LogP contribution < -0.4 is 14.2 Å². The highest BCUT2D eigenvalue weighted by atomic mass is 16.5. The summed E-state index contributed by atoms with van der Waals surface area (Å²) in [6.07, 6.45) is 4.38. The third-order valence-corrected chi connectivity index (χ3v) is 4.03. The second-order valence-corrected chi connectivity index (χ2v) is 5.83. The zero-order valence-electron chi connectivity index (χ0n) is 16.9. The molecular formula is C23H24O6. The van der Waals surface area contributed by atoms with Crippen molar-refractivity contribution in [3.05, 3.63) is 65.2 Å². The lowest BCUT2D eigenvalue weighted by molar-refractivity contribution is -0.139. The van der Waals surface area contributed by atoms with E-state index in [-0.39, 0.29) is 12.2 Å². The summed E-state index contributed by atoms with van der Waals surface area (Å²) >= 11 is 0. The van der Waals surface area contributed by atoms with E-state index in [9.17, 15) is 9.59 Å². The van der Waals surface area contributed by atoms with Gasteiger partial charge in [-0.25, -0.2) is 4.79 Å². The molecule has 0 spiro atoms. The quantitative estimate of drug-likeness (QED) is 0.277. The molecule has 0 radical (unpaired) electrons. The Balaban J connectivity index is 2.52. The largest absolute Gasteiger partial charge is 0.496 e. The summed E-state index contributed by atoms with van der Waals surface area (Å²) in [4.78, 5) is 25.3. The van der Waals surface area contributed by atoms with E-state index in [4.69, 9.17) is 18.9 Å². The summed E-state index contributed by atoms with van der Waals surface area (Å²) in [5, 5.41) is 0. The molecular weight excluding hydrogens is 372 g/mol. The molecule has 0 bridgehead atoms. The van der Waals surface area contributed by atoms with Gasteiger partial charge in [-0.1, -0.05) is 36.4 Å². The van der Waals surface area contributed by atoms with E-state index in [0.717, 1.165) is 5.56 Å². The van der Waals surface area contributed by atoms with Gasteiger partial charge in [0.15, 0.2) is 5.78 Å². The van der Waals surface area contributed by atoms with Gasteiger partial charge in [-0.3, -0.25) is 4.79 Å². The van der Waals surface area contributed by atoms with Crippen LogP contribution in [0.1, 0.15) is 18.1 Å². The molecule has 0 aliphatic heterocycles. The van der Waals surface area contributed by atoms with E-state index in [2.05, 4.69) is 0 Å². The molecule has 0 atom stereocenters. The van der Waals surface area contributed by atoms with Crippen LogP contribution in [0.3, 0.4) is 0 Å². The smallest absolute Gasteiger partial charge is 0.342 e. The molecule has 2 aromatic rings. The van der Waals surface area contributed by atoms with E-state index in [1.54, 1.807) is 25.1 Å². The predicted octanol–water partition coefficient (Wildman–Crippen LogP) is 3.94. The fraction of sp³-hybridized carbons (Fsp3) is 0.217. The molecule has 0 aliphatic rings. The number of methoxy groups -OCH3 is 3. The molecule has 0 amide bonds. The lowest BCUT2D eigenvalue weighted by atomic mass is 10.0. The number of ether oxygens (including phenoxy) is 4. The molecule has 29 heavy (non-hydrogen) atoms. The van der Waals surface area contributed by atoms with Gasteiger partial charge in [-0.05, 0) is 24.6 Å². The highest BCUT2D eigenvalue weighted by molar-refractivity contribution is 6.25. The van der Waals surface area contributed by atoms with Crippen LogP contribution in [0, 0.1) is 0 Å². The fourth-order valence-corrected chi connectivity index (χ4v) is 2.58. The lowest BCUT2D eigenvalue weighted by Crippen LogP contribution is -2.14. The number of carbonyl (C=O) groups is 2. The Hall–Kier alpha value is -3.54. The van der Waals surface area contributed by atoms with Crippen molar-refractivity contribution in [1.82, 2.24) is 0 Å². The van der Waals surface area contributed by atoms with Gasteiger partial charge < -0.3 is 18.9 Å². The maximum atomic E-state index is 12.8. The second-order valence-electron chi connectivity index (χ2n) is 5.83. The van der Waals surface area contributed by atoms with Crippen molar-refractivity contribution in [2.75, 3.05) is 27.9 Å². The number of hydrogen-bond acceptors (Lipinski definition) is 6. The van der Waals surface area contributed by atoms with Crippen molar-refractivity contribution in [2.24, 2.45) is 0 Å². The number of ketones is 1. The number of allylic oxidation sites excluding steroid dienone is 1. The Morgan fingerprint density at radius 2 is 1.55 bits per heavy atom. The normalized spacial score (nSPS) is 11.2. The zero-order valence-corrected chi connectivity index (χ0v) is 16.9. The molecule has 6 nitrogen and oxygen atoms in total. The molecule has 0 unspecified atom stereocenters. The summed E-state index contributed by atoms with van der Waals surface area (Å²) in [6, 6.07) is 12.6. The van der Waals surface area contributed by atoms with Crippen LogP contribution in [0.15, 0.2) is 54.1 Å². The number of rotatable bonds is 9. The predicted molar refractivity (Wildman–Crippen MR) is 111 cm³/mol. The molecule has 0 saturated heterocycles. The molecule has 6 heteroatoms. The van der Waals surface area contributed by atoms with Crippen LogP contribution in [-0.4, -0.2) is 39.7 Å². The summed E-state index contributed by atoms with van der Waals surface area (Å²) in [5.74, 6) is 0.0804. The van der Waals surface area contributed by atoms with Crippen LogP contribution >= 0.6 is 0 Å². The van der Waals surface area contributed by atoms with E-state index in [1.165, 1.54) is 33.5 Å². The maximum Gasteiger partial charge on any atom is 0.342 e. The molecule has 0 aromatic heterocycles. The van der Waals surface area contributed by atoms with Crippen molar-refractivity contribution in [3.8, 4) is 17.2 Å². The Bertz CT molecular complexity index is 887. The summed E-state index contributed by atoms with van der Waals surface area (Å²) in [6.45, 7) is 1.82. The second kappa shape index (κ2) is 10.7. The SMILES string of the molecule is CCOC(=O)/C(=C\c1c(OC)cc(OC)cc1OC)C(=O)/C=C/c1ccccc1. The first kappa shape index (κ1) is 21.8. The van der Waals surface area contributed by atoms with Gasteiger partial charge in [0, 0.05) is 12.1 Å². The van der Waals surface area contributed by atoms with Crippen LogP contribution in [0.25, 0.3) is 12.2 Å². The van der Waals surface area contributed by atoms with Crippen LogP contribution in [-0.2, 0) is 14.3 Å². The highest BCUT2D eigenvalue weighted by Gasteiger charge is 2.21. The Labute approximate surface area is 170 Å². The topological polar surface area (TPSA) is 71.1 Å². The van der Waals surface area contributed by atoms with E-state index in [1.807, 2.05) is 30.3 Å². The van der Waals surface area contributed by atoms with Crippen LogP contribution in [0.4, 0.5) is 0 Å². The van der Waals surface area contributed by atoms with Gasteiger partial charge >= 0.3 is 5.97 Å². The summed E-state index contributed by atoms with van der Waals surface area (Å²) in [5.41, 5.74) is 1.13. The zero-order chi connectivity index (χ0) is 21.2. The van der Waals surface area contributed by atoms with Crippen molar-refractivity contribution >= 4 is 23.9 Å². The first-order chi connectivity index (χ1) is 14.0.